The first kappa shape index (κ1) is 22.0. The van der Waals surface area contributed by atoms with Crippen molar-refractivity contribution in [1.82, 2.24) is 25.1 Å². The zero-order valence-corrected chi connectivity index (χ0v) is 19.0. The molecule has 9 heteroatoms. The molecule has 0 unspecified atom stereocenters. The van der Waals surface area contributed by atoms with Gasteiger partial charge in [-0.25, -0.2) is 0 Å². The number of rotatable bonds is 8. The van der Waals surface area contributed by atoms with Crippen molar-refractivity contribution in [1.29, 1.82) is 0 Å². The summed E-state index contributed by atoms with van der Waals surface area (Å²) in [4.78, 5) is 17.4. The van der Waals surface area contributed by atoms with E-state index in [9.17, 15) is 4.79 Å². The zero-order chi connectivity index (χ0) is 22.3. The second-order valence-electron chi connectivity index (χ2n) is 7.64. The van der Waals surface area contributed by atoms with Crippen molar-refractivity contribution in [2.24, 2.45) is 0 Å². The van der Waals surface area contributed by atoms with Crippen LogP contribution in [0, 0.1) is 6.92 Å². The van der Waals surface area contributed by atoms with E-state index >= 15 is 0 Å². The quantitative estimate of drug-likeness (QED) is 0.418. The van der Waals surface area contributed by atoms with E-state index in [-0.39, 0.29) is 11.7 Å². The third-order valence-electron chi connectivity index (χ3n) is 5.33. The molecule has 1 fully saturated rings. The van der Waals surface area contributed by atoms with Crippen molar-refractivity contribution >= 4 is 29.0 Å². The minimum Gasteiger partial charge on any atom is -0.367 e. The molecule has 8 nitrogen and oxygen atoms in total. The summed E-state index contributed by atoms with van der Waals surface area (Å²) in [6.45, 7) is 10.6. The van der Waals surface area contributed by atoms with Crippen molar-refractivity contribution in [2.45, 2.75) is 12.1 Å². The van der Waals surface area contributed by atoms with Gasteiger partial charge < -0.3 is 10.2 Å². The van der Waals surface area contributed by atoms with E-state index in [0.29, 0.717) is 5.16 Å². The molecule has 1 amide bonds. The molecule has 1 aliphatic rings. The molecule has 0 aliphatic carbocycles. The van der Waals surface area contributed by atoms with E-state index in [2.05, 4.69) is 43.3 Å². The van der Waals surface area contributed by atoms with Crippen LogP contribution in [0.3, 0.4) is 0 Å². The van der Waals surface area contributed by atoms with Crippen molar-refractivity contribution in [3.8, 4) is 5.69 Å². The van der Waals surface area contributed by atoms with Gasteiger partial charge in [-0.3, -0.25) is 9.69 Å². The number of hydrogen-bond acceptors (Lipinski definition) is 7. The summed E-state index contributed by atoms with van der Waals surface area (Å²) in [5.74, 6) is 0.124. The van der Waals surface area contributed by atoms with Gasteiger partial charge in [0.1, 0.15) is 0 Å². The summed E-state index contributed by atoms with van der Waals surface area (Å²) in [6.07, 6.45) is 1.94. The Labute approximate surface area is 192 Å². The molecule has 1 N–H and O–H groups in total. The van der Waals surface area contributed by atoms with Crippen LogP contribution in [0.5, 0.6) is 0 Å². The second kappa shape index (κ2) is 10.4. The Morgan fingerprint density at radius 1 is 1.12 bits per heavy atom. The van der Waals surface area contributed by atoms with E-state index in [0.717, 1.165) is 55.3 Å². The minimum absolute atomic E-state index is 0.0915. The van der Waals surface area contributed by atoms with Crippen molar-refractivity contribution < 1.29 is 4.79 Å². The highest BCUT2D eigenvalue weighted by Gasteiger charge is 2.19. The largest absolute Gasteiger partial charge is 0.367 e. The minimum atomic E-state index is -0.0915. The number of anilines is 2. The highest BCUT2D eigenvalue weighted by Crippen LogP contribution is 2.27. The number of para-hydroxylation sites is 2. The Hall–Kier alpha value is -3.17. The number of tetrazole rings is 1. The lowest BCUT2D eigenvalue weighted by Crippen LogP contribution is -2.46. The molecule has 3 aromatic rings. The number of amides is 1. The summed E-state index contributed by atoms with van der Waals surface area (Å²) in [6, 6.07) is 15.9. The zero-order valence-electron chi connectivity index (χ0n) is 18.1. The Kier molecular flexibility index (Phi) is 7.18. The molecule has 4 rings (SSSR count). The maximum atomic E-state index is 12.7. The number of thioether (sulfide) groups is 1. The standard InChI is InChI=1S/C23H27N7OS/c1-3-12-28-13-15-29(16-14-28)21-7-5-4-6-20(21)24-22(31)17-32-23-25-26-27-30(23)19-10-8-18(2)9-11-19/h3-11H,1,12-17H2,2H3,(H,24,31). The van der Waals surface area contributed by atoms with E-state index in [1.54, 1.807) is 4.68 Å². The Morgan fingerprint density at radius 3 is 2.62 bits per heavy atom. The lowest BCUT2D eigenvalue weighted by Gasteiger charge is -2.36. The fourth-order valence-corrected chi connectivity index (χ4v) is 4.33. The topological polar surface area (TPSA) is 79.2 Å². The number of piperazine rings is 1. The Balaban J connectivity index is 1.37. The third kappa shape index (κ3) is 5.35. The predicted octanol–water partition coefficient (Wildman–Crippen LogP) is 3.01. The Morgan fingerprint density at radius 2 is 1.88 bits per heavy atom. The SMILES string of the molecule is C=CCN1CCN(c2ccccc2NC(=O)CSc2nnnn2-c2ccc(C)cc2)CC1. The molecule has 2 aromatic carbocycles. The summed E-state index contributed by atoms with van der Waals surface area (Å²) in [5.41, 5.74) is 3.91. The summed E-state index contributed by atoms with van der Waals surface area (Å²) < 4.78 is 1.65. The normalized spacial score (nSPS) is 14.3. The van der Waals surface area contributed by atoms with Gasteiger partial charge in [-0.15, -0.1) is 11.7 Å². The molecule has 0 bridgehead atoms. The van der Waals surface area contributed by atoms with Gasteiger partial charge in [0.25, 0.3) is 0 Å². The highest BCUT2D eigenvalue weighted by atomic mass is 32.2. The van der Waals surface area contributed by atoms with Crippen LogP contribution in [-0.2, 0) is 4.79 Å². The van der Waals surface area contributed by atoms with Crippen molar-refractivity contribution in [3.63, 3.8) is 0 Å². The first-order chi connectivity index (χ1) is 15.6. The fourth-order valence-electron chi connectivity index (χ4n) is 3.64. The van der Waals surface area contributed by atoms with Crippen molar-refractivity contribution in [3.05, 3.63) is 66.7 Å². The molecule has 1 aromatic heterocycles. The third-order valence-corrected chi connectivity index (χ3v) is 6.25. The molecule has 2 heterocycles. The van der Waals surface area contributed by atoms with Gasteiger partial charge in [-0.05, 0) is 41.6 Å². The van der Waals surface area contributed by atoms with Gasteiger partial charge in [0.2, 0.25) is 11.1 Å². The van der Waals surface area contributed by atoms with Crippen LogP contribution in [0.25, 0.3) is 5.69 Å². The van der Waals surface area contributed by atoms with Crippen LogP contribution in [-0.4, -0.2) is 69.5 Å². The first-order valence-electron chi connectivity index (χ1n) is 10.6. The van der Waals surface area contributed by atoms with E-state index in [4.69, 9.17) is 0 Å². The van der Waals surface area contributed by atoms with Gasteiger partial charge in [0.15, 0.2) is 0 Å². The predicted molar refractivity (Wildman–Crippen MR) is 129 cm³/mol. The van der Waals surface area contributed by atoms with Crippen LogP contribution in [0.4, 0.5) is 11.4 Å². The van der Waals surface area contributed by atoms with Crippen LogP contribution in [0.15, 0.2) is 66.3 Å². The average molecular weight is 450 g/mol. The molecule has 0 spiro atoms. The van der Waals surface area contributed by atoms with Crippen LogP contribution < -0.4 is 10.2 Å². The van der Waals surface area contributed by atoms with Crippen LogP contribution >= 0.6 is 11.8 Å². The summed E-state index contributed by atoms with van der Waals surface area (Å²) in [5, 5.41) is 15.5. The molecular formula is C23H27N7OS. The second-order valence-corrected chi connectivity index (χ2v) is 8.58. The monoisotopic (exact) mass is 449 g/mol. The smallest absolute Gasteiger partial charge is 0.234 e. The summed E-state index contributed by atoms with van der Waals surface area (Å²) in [7, 11) is 0. The van der Waals surface area contributed by atoms with Gasteiger partial charge in [0, 0.05) is 32.7 Å². The molecule has 1 aliphatic heterocycles. The maximum Gasteiger partial charge on any atom is 0.234 e. The van der Waals surface area contributed by atoms with Crippen LogP contribution in [0.2, 0.25) is 0 Å². The maximum absolute atomic E-state index is 12.7. The van der Waals surface area contributed by atoms with E-state index in [1.165, 1.54) is 11.8 Å². The number of aryl methyl sites for hydroxylation is 1. The summed E-state index contributed by atoms with van der Waals surface area (Å²) >= 11 is 1.31. The molecular weight excluding hydrogens is 422 g/mol. The molecule has 166 valence electrons. The van der Waals surface area contributed by atoms with E-state index < -0.39 is 0 Å². The fraction of sp³-hybridized carbons (Fsp3) is 0.304. The van der Waals surface area contributed by atoms with Gasteiger partial charge >= 0.3 is 0 Å². The number of carbonyl (C=O) groups excluding carboxylic acids is 1. The number of benzene rings is 2. The molecule has 0 radical (unpaired) electrons. The molecule has 32 heavy (non-hydrogen) atoms. The first-order valence-corrected chi connectivity index (χ1v) is 11.6. The number of nitrogens with zero attached hydrogens (tertiary/aromatic N) is 6. The van der Waals surface area contributed by atoms with Gasteiger partial charge in [0.05, 0.1) is 22.8 Å². The average Bonchev–Trinajstić information content (AvgIpc) is 3.28. The lowest BCUT2D eigenvalue weighted by molar-refractivity contribution is -0.113. The van der Waals surface area contributed by atoms with Gasteiger partial charge in [-0.1, -0.05) is 47.7 Å². The van der Waals surface area contributed by atoms with E-state index in [1.807, 2.05) is 55.5 Å². The number of nitrogens with one attached hydrogen (secondary N) is 1. The molecule has 0 atom stereocenters. The van der Waals surface area contributed by atoms with Crippen LogP contribution in [0.1, 0.15) is 5.56 Å². The van der Waals surface area contributed by atoms with Crippen molar-refractivity contribution in [2.75, 3.05) is 48.7 Å². The number of hydrogen-bond donors (Lipinski definition) is 1. The van der Waals surface area contributed by atoms with Gasteiger partial charge in [-0.2, -0.15) is 4.68 Å². The Bertz CT molecular complexity index is 1060. The number of aromatic nitrogens is 4. The highest BCUT2D eigenvalue weighted by molar-refractivity contribution is 7.99. The molecule has 1 saturated heterocycles. The molecule has 0 saturated carbocycles. The number of carbonyl (C=O) groups is 1. The lowest BCUT2D eigenvalue weighted by atomic mass is 10.2.